The summed E-state index contributed by atoms with van der Waals surface area (Å²) in [6.07, 6.45) is 6.09. The van der Waals surface area contributed by atoms with Crippen LogP contribution in [0.1, 0.15) is 39.0 Å². The normalized spacial score (nSPS) is 18.7. The van der Waals surface area contributed by atoms with Crippen LogP contribution in [-0.4, -0.2) is 52.0 Å². The molecule has 120 valence electrons. The van der Waals surface area contributed by atoms with E-state index in [9.17, 15) is 0 Å². The predicted molar refractivity (Wildman–Crippen MR) is 94.1 cm³/mol. The number of nitrogens with one attached hydrogen (secondary N) is 2. The van der Waals surface area contributed by atoms with E-state index in [2.05, 4.69) is 22.5 Å². The van der Waals surface area contributed by atoms with Gasteiger partial charge in [0.05, 0.1) is 12.6 Å². The Morgan fingerprint density at radius 1 is 1.30 bits per heavy atom. The summed E-state index contributed by atoms with van der Waals surface area (Å²) in [7, 11) is 1.75. The summed E-state index contributed by atoms with van der Waals surface area (Å²) in [5.41, 5.74) is 0. The van der Waals surface area contributed by atoms with Crippen molar-refractivity contribution in [3.63, 3.8) is 0 Å². The van der Waals surface area contributed by atoms with E-state index < -0.39 is 0 Å². The molecule has 0 radical (unpaired) electrons. The number of methoxy groups -OCH3 is 1. The highest BCUT2D eigenvalue weighted by Crippen LogP contribution is 2.11. The minimum atomic E-state index is 0. The third kappa shape index (κ3) is 9.77. The van der Waals surface area contributed by atoms with E-state index in [0.29, 0.717) is 6.10 Å². The van der Waals surface area contributed by atoms with Gasteiger partial charge in [-0.15, -0.1) is 24.0 Å². The fourth-order valence-corrected chi connectivity index (χ4v) is 2.08. The quantitative estimate of drug-likeness (QED) is 0.270. The Morgan fingerprint density at radius 3 is 2.80 bits per heavy atom. The van der Waals surface area contributed by atoms with Gasteiger partial charge in [-0.3, -0.25) is 4.99 Å². The Morgan fingerprint density at radius 2 is 2.15 bits per heavy atom. The van der Waals surface area contributed by atoms with Gasteiger partial charge >= 0.3 is 0 Å². The van der Waals surface area contributed by atoms with E-state index in [-0.39, 0.29) is 24.0 Å². The number of rotatable bonds is 9. The van der Waals surface area contributed by atoms with Crippen molar-refractivity contribution in [3.05, 3.63) is 0 Å². The summed E-state index contributed by atoms with van der Waals surface area (Å²) in [4.78, 5) is 4.57. The lowest BCUT2D eigenvalue weighted by molar-refractivity contribution is 0.117. The molecule has 1 rings (SSSR count). The molecule has 1 aliphatic rings. The Hall–Kier alpha value is -0.0800. The fraction of sp³-hybridized carbons (Fsp3) is 0.929. The number of guanidine groups is 1. The van der Waals surface area contributed by atoms with Gasteiger partial charge in [0.15, 0.2) is 5.96 Å². The van der Waals surface area contributed by atoms with E-state index in [1.54, 1.807) is 7.11 Å². The van der Waals surface area contributed by atoms with Gasteiger partial charge in [0.1, 0.15) is 0 Å². The molecule has 1 aliphatic heterocycles. The van der Waals surface area contributed by atoms with Gasteiger partial charge < -0.3 is 20.1 Å². The smallest absolute Gasteiger partial charge is 0.191 e. The monoisotopic (exact) mass is 399 g/mol. The van der Waals surface area contributed by atoms with Crippen molar-refractivity contribution >= 4 is 29.9 Å². The van der Waals surface area contributed by atoms with Crippen molar-refractivity contribution in [1.29, 1.82) is 0 Å². The summed E-state index contributed by atoms with van der Waals surface area (Å²) in [6.45, 7) is 6.44. The zero-order valence-corrected chi connectivity index (χ0v) is 15.2. The van der Waals surface area contributed by atoms with Crippen LogP contribution in [0.5, 0.6) is 0 Å². The lowest BCUT2D eigenvalue weighted by Crippen LogP contribution is -2.38. The van der Waals surface area contributed by atoms with E-state index in [1.807, 2.05) is 0 Å². The average molecular weight is 399 g/mol. The summed E-state index contributed by atoms with van der Waals surface area (Å²) in [6, 6.07) is 0. The first-order valence-electron chi connectivity index (χ1n) is 7.49. The molecule has 0 amide bonds. The first-order valence-corrected chi connectivity index (χ1v) is 7.49. The Bertz CT molecular complexity index is 247. The third-order valence-corrected chi connectivity index (χ3v) is 3.14. The molecule has 0 aromatic carbocycles. The second-order valence-electron chi connectivity index (χ2n) is 4.83. The maximum Gasteiger partial charge on any atom is 0.191 e. The minimum absolute atomic E-state index is 0. The predicted octanol–water partition coefficient (Wildman–Crippen LogP) is 2.16. The van der Waals surface area contributed by atoms with Crippen molar-refractivity contribution in [2.24, 2.45) is 4.99 Å². The van der Waals surface area contributed by atoms with E-state index in [0.717, 1.165) is 58.1 Å². The second kappa shape index (κ2) is 13.9. The van der Waals surface area contributed by atoms with E-state index in [1.165, 1.54) is 12.8 Å². The molecule has 1 heterocycles. The zero-order valence-electron chi connectivity index (χ0n) is 12.8. The van der Waals surface area contributed by atoms with Gasteiger partial charge in [-0.1, -0.05) is 0 Å². The standard InChI is InChI=1S/C14H29N3O2.HI/c1-3-15-14(16-9-5-4-6-10-18-2)17-12-13-8-7-11-19-13;/h13H,3-12H2,1-2H3,(H2,15,16,17);1H. The van der Waals surface area contributed by atoms with Crippen molar-refractivity contribution in [3.8, 4) is 0 Å². The van der Waals surface area contributed by atoms with Crippen molar-refractivity contribution in [2.45, 2.75) is 45.1 Å². The molecular weight excluding hydrogens is 369 g/mol. The molecule has 6 heteroatoms. The molecule has 0 spiro atoms. The molecule has 0 aromatic heterocycles. The van der Waals surface area contributed by atoms with Crippen molar-refractivity contribution < 1.29 is 9.47 Å². The number of aliphatic imine (C=N–C) groups is 1. The second-order valence-corrected chi connectivity index (χ2v) is 4.83. The van der Waals surface area contributed by atoms with Gasteiger partial charge in [-0.25, -0.2) is 0 Å². The lowest BCUT2D eigenvalue weighted by Gasteiger charge is -2.12. The molecule has 1 fully saturated rings. The molecule has 1 saturated heterocycles. The topological polar surface area (TPSA) is 54.9 Å². The Balaban J connectivity index is 0.00000361. The van der Waals surface area contributed by atoms with Crippen LogP contribution in [0, 0.1) is 0 Å². The van der Waals surface area contributed by atoms with Crippen LogP contribution in [0.25, 0.3) is 0 Å². The number of ether oxygens (including phenoxy) is 2. The molecule has 1 unspecified atom stereocenters. The summed E-state index contributed by atoms with van der Waals surface area (Å²) >= 11 is 0. The summed E-state index contributed by atoms with van der Waals surface area (Å²) in [5.74, 6) is 0.907. The van der Waals surface area contributed by atoms with E-state index >= 15 is 0 Å². The van der Waals surface area contributed by atoms with Gasteiger partial charge in [0.25, 0.3) is 0 Å². The van der Waals surface area contributed by atoms with Crippen LogP contribution in [0.15, 0.2) is 4.99 Å². The average Bonchev–Trinajstić information content (AvgIpc) is 2.93. The van der Waals surface area contributed by atoms with Crippen molar-refractivity contribution in [2.75, 3.05) is 40.0 Å². The minimum Gasteiger partial charge on any atom is -0.385 e. The molecular formula is C14H30IN3O2. The fourth-order valence-electron chi connectivity index (χ4n) is 2.08. The molecule has 0 bridgehead atoms. The summed E-state index contributed by atoms with van der Waals surface area (Å²) in [5, 5.41) is 6.63. The van der Waals surface area contributed by atoms with Crippen molar-refractivity contribution in [1.82, 2.24) is 10.6 Å². The highest BCUT2D eigenvalue weighted by atomic mass is 127. The Kier molecular flexibility index (Phi) is 13.8. The molecule has 5 nitrogen and oxygen atoms in total. The molecule has 0 aromatic rings. The number of unbranched alkanes of at least 4 members (excludes halogenated alkanes) is 2. The number of halogens is 1. The Labute approximate surface area is 140 Å². The number of hydrogen-bond donors (Lipinski definition) is 2. The molecule has 2 N–H and O–H groups in total. The molecule has 0 saturated carbocycles. The zero-order chi connectivity index (χ0) is 13.8. The van der Waals surface area contributed by atoms with Gasteiger partial charge in [-0.2, -0.15) is 0 Å². The van der Waals surface area contributed by atoms with Gasteiger partial charge in [0, 0.05) is 33.4 Å². The van der Waals surface area contributed by atoms with Crippen LogP contribution in [0.2, 0.25) is 0 Å². The van der Waals surface area contributed by atoms with Gasteiger partial charge in [-0.05, 0) is 39.0 Å². The SMILES string of the molecule is CCNC(=NCC1CCCO1)NCCCCCOC.I. The maximum atomic E-state index is 5.57. The maximum absolute atomic E-state index is 5.57. The largest absolute Gasteiger partial charge is 0.385 e. The summed E-state index contributed by atoms with van der Waals surface area (Å²) < 4.78 is 10.6. The van der Waals surface area contributed by atoms with Crippen LogP contribution in [0.4, 0.5) is 0 Å². The number of hydrogen-bond acceptors (Lipinski definition) is 3. The molecule has 1 atom stereocenters. The third-order valence-electron chi connectivity index (χ3n) is 3.14. The first kappa shape index (κ1) is 19.9. The van der Waals surface area contributed by atoms with Crippen LogP contribution >= 0.6 is 24.0 Å². The highest BCUT2D eigenvalue weighted by Gasteiger charge is 2.14. The molecule has 0 aliphatic carbocycles. The highest BCUT2D eigenvalue weighted by molar-refractivity contribution is 14.0. The molecule has 20 heavy (non-hydrogen) atoms. The van der Waals surface area contributed by atoms with E-state index in [4.69, 9.17) is 9.47 Å². The van der Waals surface area contributed by atoms with Crippen LogP contribution < -0.4 is 10.6 Å². The number of nitrogens with zero attached hydrogens (tertiary/aromatic N) is 1. The van der Waals surface area contributed by atoms with Crippen LogP contribution in [0.3, 0.4) is 0 Å². The lowest BCUT2D eigenvalue weighted by atomic mass is 10.2. The van der Waals surface area contributed by atoms with Crippen LogP contribution in [-0.2, 0) is 9.47 Å². The van der Waals surface area contributed by atoms with Gasteiger partial charge in [0.2, 0.25) is 0 Å². The first-order chi connectivity index (χ1) is 9.36.